The van der Waals surface area contributed by atoms with Crippen LogP contribution >= 0.6 is 0 Å². The van der Waals surface area contributed by atoms with Crippen molar-refractivity contribution < 1.29 is 9.84 Å². The molecule has 0 aliphatic carbocycles. The molecule has 2 heterocycles. The van der Waals surface area contributed by atoms with Crippen molar-refractivity contribution in [1.29, 1.82) is 5.26 Å². The van der Waals surface area contributed by atoms with Crippen molar-refractivity contribution in [2.75, 3.05) is 13.2 Å². The summed E-state index contributed by atoms with van der Waals surface area (Å²) >= 11 is 0. The number of aliphatic hydroxyl groups is 1. The first-order valence-corrected chi connectivity index (χ1v) is 8.09. The van der Waals surface area contributed by atoms with Gasteiger partial charge >= 0.3 is 0 Å². The van der Waals surface area contributed by atoms with Crippen molar-refractivity contribution in [2.45, 2.75) is 38.5 Å². The molecule has 0 saturated carbocycles. The number of aliphatic hydroxyl groups excluding tert-OH is 1. The van der Waals surface area contributed by atoms with Gasteiger partial charge in [-0.2, -0.15) is 10.4 Å². The Morgan fingerprint density at radius 2 is 2.25 bits per heavy atom. The number of benzene rings is 1. The number of fused-ring (bicyclic) bond motifs is 1. The van der Waals surface area contributed by atoms with Crippen LogP contribution in [0.3, 0.4) is 0 Å². The largest absolute Gasteiger partial charge is 0.491 e. The average Bonchev–Trinajstić information content (AvgIpc) is 2.97. The number of aromatic nitrogens is 3. The molecule has 0 fully saturated rings. The number of nitriles is 1. The molecule has 2 N–H and O–H groups in total. The van der Waals surface area contributed by atoms with Gasteiger partial charge in [0, 0.05) is 19.0 Å². The van der Waals surface area contributed by atoms with E-state index >= 15 is 0 Å². The van der Waals surface area contributed by atoms with Crippen molar-refractivity contribution in [3.8, 4) is 11.8 Å². The molecule has 3 rings (SSSR count). The second kappa shape index (κ2) is 7.43. The predicted octanol–water partition coefficient (Wildman–Crippen LogP) is 0.802. The lowest BCUT2D eigenvalue weighted by Gasteiger charge is -2.24. The topological polar surface area (TPSA) is 96.0 Å². The maximum absolute atomic E-state index is 10.1. The molecule has 0 radical (unpaired) electrons. The summed E-state index contributed by atoms with van der Waals surface area (Å²) in [5, 5.41) is 26.6. The minimum atomic E-state index is -0.598. The normalized spacial score (nSPS) is 17.8. The fourth-order valence-corrected chi connectivity index (χ4v) is 2.78. The number of aryl methyl sites for hydroxylation is 2. The Hall–Kier alpha value is -2.43. The summed E-state index contributed by atoms with van der Waals surface area (Å²) in [6, 6.07) is 9.19. The molecule has 1 aliphatic heterocycles. The molecule has 1 aliphatic rings. The van der Waals surface area contributed by atoms with Gasteiger partial charge in [0.05, 0.1) is 18.2 Å². The van der Waals surface area contributed by atoms with Gasteiger partial charge in [-0.25, -0.2) is 9.67 Å². The highest BCUT2D eigenvalue weighted by Gasteiger charge is 2.21. The Labute approximate surface area is 140 Å². The predicted molar refractivity (Wildman–Crippen MR) is 87.5 cm³/mol. The Morgan fingerprint density at radius 1 is 1.46 bits per heavy atom. The second-order valence-corrected chi connectivity index (χ2v) is 6.00. The summed E-state index contributed by atoms with van der Waals surface area (Å²) in [4.78, 5) is 4.39. The number of nitrogens with one attached hydrogen (secondary N) is 1. The third-order valence-electron chi connectivity index (χ3n) is 4.03. The summed E-state index contributed by atoms with van der Waals surface area (Å²) in [7, 11) is 0. The molecule has 0 amide bonds. The first-order chi connectivity index (χ1) is 11.6. The van der Waals surface area contributed by atoms with E-state index in [0.29, 0.717) is 17.9 Å². The van der Waals surface area contributed by atoms with Crippen LogP contribution in [0.5, 0.6) is 5.75 Å². The van der Waals surface area contributed by atoms with E-state index in [9.17, 15) is 5.11 Å². The zero-order valence-corrected chi connectivity index (χ0v) is 13.6. The van der Waals surface area contributed by atoms with E-state index in [1.807, 2.05) is 11.6 Å². The zero-order valence-electron chi connectivity index (χ0n) is 13.6. The number of ether oxygens (including phenoxy) is 1. The zero-order chi connectivity index (χ0) is 16.9. The molecule has 1 aromatic carbocycles. The van der Waals surface area contributed by atoms with Crippen LogP contribution in [0.4, 0.5) is 0 Å². The van der Waals surface area contributed by atoms with Gasteiger partial charge in [-0.15, -0.1) is 0 Å². The molecule has 2 aromatic rings. The van der Waals surface area contributed by atoms with Gasteiger partial charge in [0.25, 0.3) is 0 Å². The Bertz CT molecular complexity index is 720. The second-order valence-electron chi connectivity index (χ2n) is 6.00. The third kappa shape index (κ3) is 4.10. The molecule has 0 bridgehead atoms. The minimum absolute atomic E-state index is 0.208. The molecular formula is C17H21N5O2. The summed E-state index contributed by atoms with van der Waals surface area (Å²) in [5.74, 6) is 2.49. The lowest BCUT2D eigenvalue weighted by Crippen LogP contribution is -2.42. The van der Waals surface area contributed by atoms with E-state index in [0.717, 1.165) is 31.0 Å². The highest BCUT2D eigenvalue weighted by Crippen LogP contribution is 2.13. The molecular weight excluding hydrogens is 306 g/mol. The Morgan fingerprint density at radius 3 is 3.00 bits per heavy atom. The van der Waals surface area contributed by atoms with Crippen LogP contribution in [-0.4, -0.2) is 45.2 Å². The van der Waals surface area contributed by atoms with E-state index in [1.54, 1.807) is 24.3 Å². The van der Waals surface area contributed by atoms with E-state index < -0.39 is 6.10 Å². The van der Waals surface area contributed by atoms with Crippen LogP contribution in [0.15, 0.2) is 24.3 Å². The first-order valence-electron chi connectivity index (χ1n) is 8.09. The Kier molecular flexibility index (Phi) is 5.08. The van der Waals surface area contributed by atoms with Crippen LogP contribution < -0.4 is 10.1 Å². The van der Waals surface area contributed by atoms with Crippen LogP contribution in [0, 0.1) is 18.3 Å². The highest BCUT2D eigenvalue weighted by atomic mass is 16.5. The fourth-order valence-electron chi connectivity index (χ4n) is 2.78. The lowest BCUT2D eigenvalue weighted by molar-refractivity contribution is 0.101. The van der Waals surface area contributed by atoms with Crippen LogP contribution in [0.2, 0.25) is 0 Å². The van der Waals surface area contributed by atoms with Gasteiger partial charge in [0.15, 0.2) is 0 Å². The van der Waals surface area contributed by atoms with Crippen molar-refractivity contribution in [2.24, 2.45) is 0 Å². The van der Waals surface area contributed by atoms with E-state index in [2.05, 4.69) is 21.5 Å². The summed E-state index contributed by atoms with van der Waals surface area (Å²) in [6.07, 6.45) is 1.29. The van der Waals surface area contributed by atoms with Gasteiger partial charge in [-0.05, 0) is 37.6 Å². The van der Waals surface area contributed by atoms with Crippen LogP contribution in [0.1, 0.15) is 23.6 Å². The van der Waals surface area contributed by atoms with E-state index in [1.165, 1.54) is 0 Å². The molecule has 2 atom stereocenters. The monoisotopic (exact) mass is 327 g/mol. The Balaban J connectivity index is 1.41. The fraction of sp³-hybridized carbons (Fsp3) is 0.471. The lowest BCUT2D eigenvalue weighted by atomic mass is 10.1. The van der Waals surface area contributed by atoms with Gasteiger partial charge in [-0.3, -0.25) is 0 Å². The maximum Gasteiger partial charge on any atom is 0.147 e. The van der Waals surface area contributed by atoms with Crippen molar-refractivity contribution in [3.63, 3.8) is 0 Å². The summed E-state index contributed by atoms with van der Waals surface area (Å²) < 4.78 is 7.48. The molecule has 7 heteroatoms. The molecule has 0 spiro atoms. The van der Waals surface area contributed by atoms with Gasteiger partial charge in [-0.1, -0.05) is 0 Å². The SMILES string of the molecule is Cc1nc2n(n1)C[C@@H](NC[C@H](O)COc1ccc(C#N)cc1)CC2. The molecule has 0 unspecified atom stereocenters. The summed E-state index contributed by atoms with van der Waals surface area (Å²) in [6.45, 7) is 3.35. The molecule has 24 heavy (non-hydrogen) atoms. The molecule has 0 saturated heterocycles. The summed E-state index contributed by atoms with van der Waals surface area (Å²) in [5.41, 5.74) is 0.588. The third-order valence-corrected chi connectivity index (χ3v) is 4.03. The van der Waals surface area contributed by atoms with Crippen molar-refractivity contribution in [1.82, 2.24) is 20.1 Å². The molecule has 1 aromatic heterocycles. The standard InChI is InChI=1S/C17H21N5O2/c1-12-20-17-7-4-14(10-22(17)21-12)19-9-15(23)11-24-16-5-2-13(8-18)3-6-16/h2-3,5-6,14-15,19,23H,4,7,9-11H2,1H3/t14-,15-/m0/s1. The smallest absolute Gasteiger partial charge is 0.147 e. The van der Waals surface area contributed by atoms with Gasteiger partial charge < -0.3 is 15.2 Å². The quantitative estimate of drug-likeness (QED) is 0.815. The van der Waals surface area contributed by atoms with Crippen LogP contribution in [0.25, 0.3) is 0 Å². The van der Waals surface area contributed by atoms with Crippen molar-refractivity contribution in [3.05, 3.63) is 41.5 Å². The molecule has 126 valence electrons. The van der Waals surface area contributed by atoms with E-state index in [-0.39, 0.29) is 12.6 Å². The number of nitrogens with zero attached hydrogens (tertiary/aromatic N) is 4. The van der Waals surface area contributed by atoms with E-state index in [4.69, 9.17) is 10.00 Å². The molecule has 7 nitrogen and oxygen atoms in total. The van der Waals surface area contributed by atoms with Crippen molar-refractivity contribution >= 4 is 0 Å². The average molecular weight is 327 g/mol. The maximum atomic E-state index is 10.1. The first kappa shape index (κ1) is 16.4. The van der Waals surface area contributed by atoms with Crippen LogP contribution in [-0.2, 0) is 13.0 Å². The number of hydrogen-bond acceptors (Lipinski definition) is 6. The van der Waals surface area contributed by atoms with Gasteiger partial charge in [0.2, 0.25) is 0 Å². The number of hydrogen-bond donors (Lipinski definition) is 2. The number of rotatable bonds is 6. The van der Waals surface area contributed by atoms with Gasteiger partial charge in [0.1, 0.15) is 30.1 Å². The highest BCUT2D eigenvalue weighted by molar-refractivity contribution is 5.34. The minimum Gasteiger partial charge on any atom is -0.491 e.